The molecule has 0 saturated heterocycles. The zero-order valence-corrected chi connectivity index (χ0v) is 15.2. The third kappa shape index (κ3) is 4.79. The summed E-state index contributed by atoms with van der Waals surface area (Å²) in [6.45, 7) is 3.48. The number of amides is 2. The van der Waals surface area contributed by atoms with Crippen molar-refractivity contribution in [3.8, 4) is 0 Å². The van der Waals surface area contributed by atoms with Crippen LogP contribution in [-0.2, 0) is 4.79 Å². The molecule has 0 saturated carbocycles. The first-order valence-electron chi connectivity index (χ1n) is 8.51. The largest absolute Gasteiger partial charge is 0.340 e. The van der Waals surface area contributed by atoms with Crippen LogP contribution in [0.5, 0.6) is 0 Å². The summed E-state index contributed by atoms with van der Waals surface area (Å²) < 4.78 is 53.9. The van der Waals surface area contributed by atoms with Gasteiger partial charge in [-0.25, -0.2) is 17.6 Å². The fourth-order valence-corrected chi connectivity index (χ4v) is 2.40. The Morgan fingerprint density at radius 3 is 2.11 bits per heavy atom. The second kappa shape index (κ2) is 9.20. The summed E-state index contributed by atoms with van der Waals surface area (Å²) in [5.74, 6) is -8.30. The number of hydrogen-bond acceptors (Lipinski definition) is 3. The maximum absolute atomic E-state index is 13.7. The standard InChI is InChI=1S/C19H19F4N3O2/c1-3-10(2)16(24-18(27)11-7-5-4-6-8-11)19(28)26-25-17-14(22)12(20)9-13(21)15(17)23/h4-10,16,25H,3H2,1-2H3,(H,24,27)(H,26,28)/t10-,16-/m1/s1. The van der Waals surface area contributed by atoms with Gasteiger partial charge in [-0.15, -0.1) is 0 Å². The highest BCUT2D eigenvalue weighted by Gasteiger charge is 2.27. The Morgan fingerprint density at radius 1 is 1.00 bits per heavy atom. The van der Waals surface area contributed by atoms with E-state index in [2.05, 4.69) is 5.32 Å². The molecule has 0 radical (unpaired) electrons. The summed E-state index contributed by atoms with van der Waals surface area (Å²) >= 11 is 0. The number of anilines is 1. The van der Waals surface area contributed by atoms with E-state index in [9.17, 15) is 27.2 Å². The predicted octanol–water partition coefficient (Wildman–Crippen LogP) is 3.53. The van der Waals surface area contributed by atoms with Crippen LogP contribution in [-0.4, -0.2) is 17.9 Å². The van der Waals surface area contributed by atoms with Gasteiger partial charge in [0.1, 0.15) is 11.7 Å². The Balaban J connectivity index is 2.15. The lowest BCUT2D eigenvalue weighted by Gasteiger charge is -2.24. The van der Waals surface area contributed by atoms with Gasteiger partial charge in [-0.1, -0.05) is 38.5 Å². The molecule has 3 N–H and O–H groups in total. The van der Waals surface area contributed by atoms with Gasteiger partial charge in [-0.05, 0) is 18.1 Å². The van der Waals surface area contributed by atoms with E-state index in [1.807, 2.05) is 10.9 Å². The molecule has 5 nitrogen and oxygen atoms in total. The lowest BCUT2D eigenvalue weighted by molar-refractivity contribution is -0.123. The van der Waals surface area contributed by atoms with Crippen molar-refractivity contribution in [2.45, 2.75) is 26.3 Å². The molecule has 0 aliphatic carbocycles. The molecular formula is C19H19F4N3O2. The van der Waals surface area contributed by atoms with Crippen molar-refractivity contribution in [3.63, 3.8) is 0 Å². The summed E-state index contributed by atoms with van der Waals surface area (Å²) in [4.78, 5) is 24.8. The fraction of sp³-hybridized carbons (Fsp3) is 0.263. The first-order valence-corrected chi connectivity index (χ1v) is 8.51. The number of nitrogens with one attached hydrogen (secondary N) is 3. The molecule has 2 rings (SSSR count). The monoisotopic (exact) mass is 397 g/mol. The van der Waals surface area contributed by atoms with Crippen molar-refractivity contribution >= 4 is 17.5 Å². The Hall–Kier alpha value is -3.10. The van der Waals surface area contributed by atoms with E-state index in [0.717, 1.165) is 0 Å². The molecule has 2 aromatic carbocycles. The van der Waals surface area contributed by atoms with Crippen LogP contribution in [0.4, 0.5) is 23.2 Å². The summed E-state index contributed by atoms with van der Waals surface area (Å²) in [7, 11) is 0. The van der Waals surface area contributed by atoms with Gasteiger partial charge in [0.25, 0.3) is 11.8 Å². The van der Waals surface area contributed by atoms with Gasteiger partial charge in [-0.2, -0.15) is 0 Å². The first kappa shape index (κ1) is 21.2. The summed E-state index contributed by atoms with van der Waals surface area (Å²) in [6.07, 6.45) is 0.504. The number of rotatable bonds is 7. The molecule has 150 valence electrons. The van der Waals surface area contributed by atoms with Gasteiger partial charge in [0.05, 0.1) is 0 Å². The van der Waals surface area contributed by atoms with Gasteiger partial charge in [0.2, 0.25) is 0 Å². The van der Waals surface area contributed by atoms with Gasteiger partial charge < -0.3 is 5.32 Å². The van der Waals surface area contributed by atoms with E-state index in [-0.39, 0.29) is 12.0 Å². The average Bonchev–Trinajstić information content (AvgIpc) is 2.70. The molecule has 28 heavy (non-hydrogen) atoms. The quantitative estimate of drug-likeness (QED) is 0.380. The highest BCUT2D eigenvalue weighted by molar-refractivity contribution is 5.97. The van der Waals surface area contributed by atoms with Crippen molar-refractivity contribution in [3.05, 3.63) is 65.2 Å². The maximum Gasteiger partial charge on any atom is 0.261 e. The molecule has 9 heteroatoms. The van der Waals surface area contributed by atoms with E-state index in [4.69, 9.17) is 0 Å². The first-order chi connectivity index (χ1) is 13.3. The van der Waals surface area contributed by atoms with E-state index in [0.29, 0.717) is 12.0 Å². The summed E-state index contributed by atoms with van der Waals surface area (Å²) in [5, 5.41) is 2.55. The number of carbonyl (C=O) groups excluding carboxylic acids is 2. The number of hydrazine groups is 1. The van der Waals surface area contributed by atoms with Crippen molar-refractivity contribution < 1.29 is 27.2 Å². The molecule has 0 aliphatic rings. The van der Waals surface area contributed by atoms with Crippen LogP contribution in [0.25, 0.3) is 0 Å². The van der Waals surface area contributed by atoms with Crippen LogP contribution in [0.3, 0.4) is 0 Å². The van der Waals surface area contributed by atoms with Crippen LogP contribution >= 0.6 is 0 Å². The molecule has 0 bridgehead atoms. The van der Waals surface area contributed by atoms with Crippen LogP contribution in [0, 0.1) is 29.2 Å². The SMILES string of the molecule is CC[C@@H](C)[C@@H](NC(=O)c1ccccc1)C(=O)NNc1c(F)c(F)cc(F)c1F. The number of hydrogen-bond donors (Lipinski definition) is 3. The number of benzene rings is 2. The smallest absolute Gasteiger partial charge is 0.261 e. The minimum absolute atomic E-state index is 0.0553. The molecule has 2 aromatic rings. The fourth-order valence-electron chi connectivity index (χ4n) is 2.40. The topological polar surface area (TPSA) is 70.2 Å². The zero-order chi connectivity index (χ0) is 20.8. The Bertz CT molecular complexity index is 836. The van der Waals surface area contributed by atoms with Crippen molar-refractivity contribution in [1.29, 1.82) is 0 Å². The molecule has 0 spiro atoms. The van der Waals surface area contributed by atoms with Gasteiger partial charge in [-0.3, -0.25) is 20.4 Å². The molecule has 2 atom stereocenters. The lowest BCUT2D eigenvalue weighted by Crippen LogP contribution is -2.51. The highest BCUT2D eigenvalue weighted by Crippen LogP contribution is 2.23. The minimum atomic E-state index is -1.69. The molecule has 0 aromatic heterocycles. The summed E-state index contributed by atoms with van der Waals surface area (Å²) in [6, 6.07) is 7.13. The van der Waals surface area contributed by atoms with Crippen LogP contribution in [0.15, 0.2) is 36.4 Å². The number of carbonyl (C=O) groups is 2. The van der Waals surface area contributed by atoms with Gasteiger partial charge in [0.15, 0.2) is 23.3 Å². The third-order valence-corrected chi connectivity index (χ3v) is 4.24. The van der Waals surface area contributed by atoms with Crippen molar-refractivity contribution in [2.75, 3.05) is 5.43 Å². The second-order valence-electron chi connectivity index (χ2n) is 6.16. The second-order valence-corrected chi connectivity index (χ2v) is 6.16. The molecule has 0 heterocycles. The van der Waals surface area contributed by atoms with Gasteiger partial charge in [0, 0.05) is 11.6 Å². The van der Waals surface area contributed by atoms with Crippen molar-refractivity contribution in [2.24, 2.45) is 5.92 Å². The normalized spacial score (nSPS) is 12.8. The van der Waals surface area contributed by atoms with Gasteiger partial charge >= 0.3 is 0 Å². The van der Waals surface area contributed by atoms with Crippen LogP contribution < -0.4 is 16.2 Å². The van der Waals surface area contributed by atoms with Crippen LogP contribution in [0.1, 0.15) is 30.6 Å². The molecule has 2 amide bonds. The zero-order valence-electron chi connectivity index (χ0n) is 15.2. The Kier molecular flexibility index (Phi) is 6.97. The van der Waals surface area contributed by atoms with Crippen LogP contribution in [0.2, 0.25) is 0 Å². The predicted molar refractivity (Wildman–Crippen MR) is 95.2 cm³/mol. The molecular weight excluding hydrogens is 378 g/mol. The highest BCUT2D eigenvalue weighted by atomic mass is 19.2. The van der Waals surface area contributed by atoms with E-state index in [1.165, 1.54) is 0 Å². The summed E-state index contributed by atoms with van der Waals surface area (Å²) in [5.41, 5.74) is 2.99. The molecule has 0 fully saturated rings. The molecule has 0 aliphatic heterocycles. The third-order valence-electron chi connectivity index (χ3n) is 4.24. The minimum Gasteiger partial charge on any atom is -0.340 e. The maximum atomic E-state index is 13.7. The average molecular weight is 397 g/mol. The lowest BCUT2D eigenvalue weighted by atomic mass is 9.98. The van der Waals surface area contributed by atoms with Crippen molar-refractivity contribution in [1.82, 2.24) is 10.7 Å². The Morgan fingerprint density at radius 2 is 1.57 bits per heavy atom. The van der Waals surface area contributed by atoms with E-state index in [1.54, 1.807) is 44.2 Å². The van der Waals surface area contributed by atoms with E-state index < -0.39 is 46.8 Å². The molecule has 0 unspecified atom stereocenters. The number of halogens is 4. The van der Waals surface area contributed by atoms with E-state index >= 15 is 0 Å². The Labute approximate surface area is 159 Å².